The van der Waals surface area contributed by atoms with Crippen LogP contribution in [0.3, 0.4) is 0 Å². The Kier molecular flexibility index (Phi) is 8.76. The number of aromatic hydroxyl groups is 1. The molecule has 0 aliphatic heterocycles. The monoisotopic (exact) mass is 336 g/mol. The Bertz CT molecular complexity index is 563. The number of carbonyl (C=O) groups is 1. The van der Waals surface area contributed by atoms with E-state index < -0.39 is 0 Å². The van der Waals surface area contributed by atoms with Gasteiger partial charge in [0.1, 0.15) is 0 Å². The lowest BCUT2D eigenvalue weighted by Gasteiger charge is -2.15. The molecule has 0 spiro atoms. The van der Waals surface area contributed by atoms with Gasteiger partial charge in [-0.25, -0.2) is 4.79 Å². The van der Waals surface area contributed by atoms with Gasteiger partial charge in [0.25, 0.3) is 0 Å². The molecule has 0 amide bonds. The molecule has 5 nitrogen and oxygen atoms in total. The Hall–Kier alpha value is -2.17. The summed E-state index contributed by atoms with van der Waals surface area (Å²) < 4.78 is 15.6. The molecular formula is C19H28O5. The quantitative estimate of drug-likeness (QED) is 0.396. The van der Waals surface area contributed by atoms with Crippen molar-refractivity contribution in [2.45, 2.75) is 46.0 Å². The molecule has 1 N–H and O–H groups in total. The van der Waals surface area contributed by atoms with Gasteiger partial charge in [-0.2, -0.15) is 0 Å². The average Bonchev–Trinajstić information content (AvgIpc) is 2.59. The first-order valence-electron chi connectivity index (χ1n) is 8.40. The van der Waals surface area contributed by atoms with E-state index in [0.717, 1.165) is 36.8 Å². The Morgan fingerprint density at radius 3 is 2.50 bits per heavy atom. The number of methoxy groups -OCH3 is 2. The number of phenols is 1. The van der Waals surface area contributed by atoms with Gasteiger partial charge in [-0.1, -0.05) is 33.1 Å². The first-order chi connectivity index (χ1) is 11.6. The molecule has 0 aliphatic carbocycles. The molecule has 1 rings (SSSR count). The zero-order valence-corrected chi connectivity index (χ0v) is 15.1. The van der Waals surface area contributed by atoms with Gasteiger partial charge in [0.15, 0.2) is 11.5 Å². The number of hydrogen-bond acceptors (Lipinski definition) is 5. The number of esters is 1. The van der Waals surface area contributed by atoms with E-state index in [2.05, 4.69) is 6.92 Å². The molecule has 134 valence electrons. The van der Waals surface area contributed by atoms with Crippen LogP contribution in [0.1, 0.15) is 50.7 Å². The molecule has 1 aromatic carbocycles. The minimum absolute atomic E-state index is 0.0347. The smallest absolute Gasteiger partial charge is 0.330 e. The van der Waals surface area contributed by atoms with Crippen molar-refractivity contribution in [3.05, 3.63) is 23.3 Å². The summed E-state index contributed by atoms with van der Waals surface area (Å²) in [4.78, 5) is 11.8. The van der Waals surface area contributed by atoms with Crippen LogP contribution in [-0.2, 0) is 16.0 Å². The first kappa shape index (κ1) is 19.9. The summed E-state index contributed by atoms with van der Waals surface area (Å²) in [5, 5.41) is 10.1. The van der Waals surface area contributed by atoms with E-state index in [1.807, 2.05) is 6.92 Å². The summed E-state index contributed by atoms with van der Waals surface area (Å²) in [7, 11) is 2.96. The van der Waals surface area contributed by atoms with Crippen molar-refractivity contribution in [2.24, 2.45) is 0 Å². The number of carbonyl (C=O) groups excluding carboxylic acids is 1. The second kappa shape index (κ2) is 10.6. The number of rotatable bonds is 10. The molecule has 0 aromatic heterocycles. The molecule has 0 heterocycles. The van der Waals surface area contributed by atoms with Crippen LogP contribution in [0.2, 0.25) is 0 Å². The maximum Gasteiger partial charge on any atom is 0.330 e. The number of phenolic OH excluding ortho intramolecular Hbond substituents is 1. The standard InChI is InChI=1S/C19H28O5/c1-5-7-8-9-12-24-17(20)11-10-14-13-16(22-3)18(21)19(23-4)15(14)6-2/h10-11,13,21H,5-9,12H2,1-4H3/b11-10+. The van der Waals surface area contributed by atoms with Crippen molar-refractivity contribution in [3.63, 3.8) is 0 Å². The lowest BCUT2D eigenvalue weighted by Crippen LogP contribution is -2.02. The third-order valence-electron chi connectivity index (χ3n) is 3.78. The van der Waals surface area contributed by atoms with E-state index in [1.165, 1.54) is 20.3 Å². The largest absolute Gasteiger partial charge is 0.502 e. The predicted molar refractivity (Wildman–Crippen MR) is 94.7 cm³/mol. The molecule has 24 heavy (non-hydrogen) atoms. The summed E-state index contributed by atoms with van der Waals surface area (Å²) in [5.74, 6) is 0.258. The number of hydrogen-bond donors (Lipinski definition) is 1. The van der Waals surface area contributed by atoms with Gasteiger partial charge in [-0.15, -0.1) is 0 Å². The maximum absolute atomic E-state index is 11.8. The molecule has 0 radical (unpaired) electrons. The van der Waals surface area contributed by atoms with Crippen molar-refractivity contribution in [3.8, 4) is 17.2 Å². The summed E-state index contributed by atoms with van der Waals surface area (Å²) in [6.07, 6.45) is 7.96. The SMILES string of the molecule is CCCCCCOC(=O)/C=C/c1cc(OC)c(O)c(OC)c1CC. The summed E-state index contributed by atoms with van der Waals surface area (Å²) in [6.45, 7) is 4.53. The van der Waals surface area contributed by atoms with Crippen LogP contribution < -0.4 is 9.47 Å². The maximum atomic E-state index is 11.8. The van der Waals surface area contributed by atoms with Gasteiger partial charge in [-0.05, 0) is 30.5 Å². The molecule has 1 aromatic rings. The van der Waals surface area contributed by atoms with Gasteiger partial charge in [0.05, 0.1) is 20.8 Å². The normalized spacial score (nSPS) is 10.8. The zero-order valence-electron chi connectivity index (χ0n) is 15.1. The Labute approximate surface area is 144 Å². The predicted octanol–water partition coefficient (Wildman–Crippen LogP) is 4.11. The first-order valence-corrected chi connectivity index (χ1v) is 8.40. The lowest BCUT2D eigenvalue weighted by atomic mass is 10.0. The zero-order chi connectivity index (χ0) is 17.9. The molecule has 0 saturated heterocycles. The topological polar surface area (TPSA) is 65.0 Å². The van der Waals surface area contributed by atoms with Crippen LogP contribution >= 0.6 is 0 Å². The Balaban J connectivity index is 2.83. The highest BCUT2D eigenvalue weighted by molar-refractivity contribution is 5.87. The Morgan fingerprint density at radius 2 is 1.92 bits per heavy atom. The van der Waals surface area contributed by atoms with Crippen LogP contribution in [0, 0.1) is 0 Å². The number of ether oxygens (including phenoxy) is 3. The second-order valence-corrected chi connectivity index (χ2v) is 5.44. The molecule has 0 atom stereocenters. The van der Waals surface area contributed by atoms with Crippen LogP contribution in [-0.4, -0.2) is 31.9 Å². The Morgan fingerprint density at radius 1 is 1.17 bits per heavy atom. The lowest BCUT2D eigenvalue weighted by molar-refractivity contribution is -0.137. The third-order valence-corrected chi connectivity index (χ3v) is 3.78. The van der Waals surface area contributed by atoms with Crippen molar-refractivity contribution in [1.29, 1.82) is 0 Å². The van der Waals surface area contributed by atoms with Crippen LogP contribution in [0.25, 0.3) is 6.08 Å². The van der Waals surface area contributed by atoms with Gasteiger partial charge < -0.3 is 19.3 Å². The van der Waals surface area contributed by atoms with Crippen LogP contribution in [0.15, 0.2) is 12.1 Å². The van der Waals surface area contributed by atoms with E-state index in [4.69, 9.17) is 14.2 Å². The molecule has 0 aliphatic rings. The number of benzene rings is 1. The van der Waals surface area contributed by atoms with Gasteiger partial charge in [0, 0.05) is 11.6 Å². The highest BCUT2D eigenvalue weighted by Gasteiger charge is 2.17. The fourth-order valence-electron chi connectivity index (χ4n) is 2.48. The van der Waals surface area contributed by atoms with Gasteiger partial charge in [0.2, 0.25) is 5.75 Å². The molecule has 0 bridgehead atoms. The van der Waals surface area contributed by atoms with E-state index in [0.29, 0.717) is 24.5 Å². The van der Waals surface area contributed by atoms with E-state index in [-0.39, 0.29) is 11.7 Å². The number of unbranched alkanes of at least 4 members (excludes halogenated alkanes) is 3. The minimum Gasteiger partial charge on any atom is -0.502 e. The summed E-state index contributed by atoms with van der Waals surface area (Å²) >= 11 is 0. The molecular weight excluding hydrogens is 308 g/mol. The van der Waals surface area contributed by atoms with Gasteiger partial charge >= 0.3 is 5.97 Å². The molecule has 5 heteroatoms. The average molecular weight is 336 g/mol. The van der Waals surface area contributed by atoms with E-state index in [1.54, 1.807) is 12.1 Å². The van der Waals surface area contributed by atoms with Crippen LogP contribution in [0.5, 0.6) is 17.2 Å². The fraction of sp³-hybridized carbons (Fsp3) is 0.526. The van der Waals surface area contributed by atoms with Gasteiger partial charge in [-0.3, -0.25) is 0 Å². The fourth-order valence-corrected chi connectivity index (χ4v) is 2.48. The second-order valence-electron chi connectivity index (χ2n) is 5.44. The van der Waals surface area contributed by atoms with Crippen molar-refractivity contribution >= 4 is 12.0 Å². The molecule has 0 saturated carbocycles. The van der Waals surface area contributed by atoms with Crippen molar-refractivity contribution < 1.29 is 24.1 Å². The molecule has 0 fully saturated rings. The minimum atomic E-state index is -0.375. The third kappa shape index (κ3) is 5.48. The van der Waals surface area contributed by atoms with Crippen molar-refractivity contribution in [1.82, 2.24) is 0 Å². The summed E-state index contributed by atoms with van der Waals surface area (Å²) in [6, 6.07) is 1.68. The van der Waals surface area contributed by atoms with Crippen LogP contribution in [0.4, 0.5) is 0 Å². The van der Waals surface area contributed by atoms with E-state index >= 15 is 0 Å². The van der Waals surface area contributed by atoms with Crippen molar-refractivity contribution in [2.75, 3.05) is 20.8 Å². The molecule has 0 unspecified atom stereocenters. The van der Waals surface area contributed by atoms with E-state index in [9.17, 15) is 9.90 Å². The highest BCUT2D eigenvalue weighted by Crippen LogP contribution is 2.41. The summed E-state index contributed by atoms with van der Waals surface area (Å²) in [5.41, 5.74) is 1.56. The highest BCUT2D eigenvalue weighted by atomic mass is 16.5.